The summed E-state index contributed by atoms with van der Waals surface area (Å²) in [5.41, 5.74) is 0.549. The number of benzene rings is 1. The Hall–Kier alpha value is -1.87. The van der Waals surface area contributed by atoms with E-state index in [0.29, 0.717) is 17.4 Å². The molecule has 0 radical (unpaired) electrons. The van der Waals surface area contributed by atoms with Crippen molar-refractivity contribution in [3.05, 3.63) is 24.3 Å². The molecule has 9 heteroatoms. The summed E-state index contributed by atoms with van der Waals surface area (Å²) in [6.07, 6.45) is 0.830. The number of hydrogen-bond donors (Lipinski definition) is 3. The van der Waals surface area contributed by atoms with Crippen LogP contribution in [0, 0.1) is 0 Å². The summed E-state index contributed by atoms with van der Waals surface area (Å²) in [7, 11) is 0. The van der Waals surface area contributed by atoms with Crippen molar-refractivity contribution in [1.82, 2.24) is 5.32 Å². The first-order valence-corrected chi connectivity index (χ1v) is 9.51. The number of thiol groups is 1. The lowest BCUT2D eigenvalue weighted by Gasteiger charge is -2.21. The maximum atomic E-state index is 12.4. The van der Waals surface area contributed by atoms with Crippen LogP contribution in [0.4, 0.5) is 5.69 Å². The SMILES string of the molecule is CC(=O)Nc1ccc(OC(=O)C(NC(C)=O)C(S)C(=O)CCCBr)cc1. The second kappa shape index (κ2) is 11.0. The maximum absolute atomic E-state index is 12.4. The fourth-order valence-corrected chi connectivity index (χ4v) is 2.66. The highest BCUT2D eigenvalue weighted by Gasteiger charge is 2.33. The van der Waals surface area contributed by atoms with Crippen LogP contribution in [0.1, 0.15) is 26.7 Å². The van der Waals surface area contributed by atoms with Crippen molar-refractivity contribution in [2.45, 2.75) is 38.0 Å². The van der Waals surface area contributed by atoms with Gasteiger partial charge in [-0.25, -0.2) is 4.79 Å². The van der Waals surface area contributed by atoms with Crippen LogP contribution >= 0.6 is 28.6 Å². The molecule has 0 bridgehead atoms. The lowest BCUT2D eigenvalue weighted by Crippen LogP contribution is -2.50. The Morgan fingerprint density at radius 3 is 2.23 bits per heavy atom. The topological polar surface area (TPSA) is 102 Å². The summed E-state index contributed by atoms with van der Waals surface area (Å²) in [5, 5.41) is 4.64. The Morgan fingerprint density at radius 1 is 1.12 bits per heavy atom. The van der Waals surface area contributed by atoms with Gasteiger partial charge in [0.25, 0.3) is 0 Å². The van der Waals surface area contributed by atoms with E-state index in [0.717, 1.165) is 0 Å². The molecule has 1 aromatic carbocycles. The van der Waals surface area contributed by atoms with Crippen LogP contribution < -0.4 is 15.4 Å². The number of carbonyl (C=O) groups excluding carboxylic acids is 4. The molecule has 0 aliphatic heterocycles. The van der Waals surface area contributed by atoms with Gasteiger partial charge >= 0.3 is 5.97 Å². The number of halogens is 1. The van der Waals surface area contributed by atoms with Gasteiger partial charge in [0.15, 0.2) is 0 Å². The predicted molar refractivity (Wildman–Crippen MR) is 105 cm³/mol. The molecule has 0 aromatic heterocycles. The first-order valence-electron chi connectivity index (χ1n) is 7.87. The van der Waals surface area contributed by atoms with Gasteiger partial charge < -0.3 is 15.4 Å². The third kappa shape index (κ3) is 7.57. The monoisotopic (exact) mass is 444 g/mol. The number of ether oxygens (including phenoxy) is 1. The van der Waals surface area contributed by atoms with Gasteiger partial charge in [-0.3, -0.25) is 14.4 Å². The fourth-order valence-electron chi connectivity index (χ4n) is 2.05. The molecule has 1 aromatic rings. The van der Waals surface area contributed by atoms with Crippen LogP contribution in [0.2, 0.25) is 0 Å². The van der Waals surface area contributed by atoms with Crippen molar-refractivity contribution in [2.24, 2.45) is 0 Å². The zero-order valence-corrected chi connectivity index (χ0v) is 16.9. The average Bonchev–Trinajstić information content (AvgIpc) is 2.57. The maximum Gasteiger partial charge on any atom is 0.335 e. The smallest absolute Gasteiger partial charge is 0.335 e. The highest BCUT2D eigenvalue weighted by atomic mass is 79.9. The van der Waals surface area contributed by atoms with Gasteiger partial charge in [0.2, 0.25) is 11.8 Å². The predicted octanol–water partition coefficient (Wildman–Crippen LogP) is 2.10. The molecule has 2 amide bonds. The summed E-state index contributed by atoms with van der Waals surface area (Å²) in [4.78, 5) is 46.9. The summed E-state index contributed by atoms with van der Waals surface area (Å²) < 4.78 is 5.24. The number of esters is 1. The number of amides is 2. The van der Waals surface area contributed by atoms with Gasteiger partial charge in [-0.1, -0.05) is 15.9 Å². The van der Waals surface area contributed by atoms with Crippen molar-refractivity contribution < 1.29 is 23.9 Å². The first-order chi connectivity index (χ1) is 12.2. The van der Waals surface area contributed by atoms with Crippen molar-refractivity contribution >= 4 is 57.8 Å². The van der Waals surface area contributed by atoms with Crippen LogP contribution in [-0.4, -0.2) is 40.2 Å². The number of alkyl halides is 1. The van der Waals surface area contributed by atoms with Gasteiger partial charge in [0.1, 0.15) is 17.6 Å². The summed E-state index contributed by atoms with van der Waals surface area (Å²) in [6, 6.07) is 4.92. The number of Topliss-reactive ketones (excluding diaryl/α,β-unsaturated/α-hetero) is 1. The molecule has 1 rings (SSSR count). The van der Waals surface area contributed by atoms with Crippen LogP contribution in [0.15, 0.2) is 24.3 Å². The molecule has 142 valence electrons. The van der Waals surface area contributed by atoms with E-state index in [1.807, 2.05) is 0 Å². The molecule has 0 fully saturated rings. The average molecular weight is 445 g/mol. The van der Waals surface area contributed by atoms with Crippen molar-refractivity contribution in [1.29, 1.82) is 0 Å². The molecule has 2 unspecified atom stereocenters. The number of ketones is 1. The molecule has 0 spiro atoms. The Balaban J connectivity index is 2.83. The Labute approximate surface area is 165 Å². The van der Waals surface area contributed by atoms with Crippen LogP contribution in [-0.2, 0) is 19.2 Å². The second-order valence-corrected chi connectivity index (χ2v) is 6.86. The van der Waals surface area contributed by atoms with Gasteiger partial charge in [-0.15, -0.1) is 0 Å². The fraction of sp³-hybridized carbons (Fsp3) is 0.412. The van der Waals surface area contributed by atoms with E-state index in [1.165, 1.54) is 26.0 Å². The number of anilines is 1. The number of carbonyl (C=O) groups is 4. The highest BCUT2D eigenvalue weighted by Crippen LogP contribution is 2.18. The van der Waals surface area contributed by atoms with E-state index in [-0.39, 0.29) is 23.9 Å². The van der Waals surface area contributed by atoms with Gasteiger partial charge in [0, 0.05) is 31.3 Å². The van der Waals surface area contributed by atoms with E-state index in [1.54, 1.807) is 12.1 Å². The molecule has 0 heterocycles. The van der Waals surface area contributed by atoms with Gasteiger partial charge in [0.05, 0.1) is 5.25 Å². The first kappa shape index (κ1) is 22.2. The van der Waals surface area contributed by atoms with Gasteiger partial charge in [-0.05, 0) is 30.7 Å². The molecule has 0 aliphatic rings. The van der Waals surface area contributed by atoms with Gasteiger partial charge in [-0.2, -0.15) is 12.6 Å². The highest BCUT2D eigenvalue weighted by molar-refractivity contribution is 9.09. The minimum atomic E-state index is -1.20. The minimum Gasteiger partial charge on any atom is -0.425 e. The molecule has 0 saturated heterocycles. The Bertz CT molecular complexity index is 666. The lowest BCUT2D eigenvalue weighted by atomic mass is 10.1. The molecular weight excluding hydrogens is 424 g/mol. The number of nitrogens with one attached hydrogen (secondary N) is 2. The molecule has 2 atom stereocenters. The van der Waals surface area contributed by atoms with Crippen LogP contribution in [0.25, 0.3) is 0 Å². The van der Waals surface area contributed by atoms with E-state index >= 15 is 0 Å². The van der Waals surface area contributed by atoms with E-state index in [4.69, 9.17) is 4.74 Å². The van der Waals surface area contributed by atoms with Crippen LogP contribution in [0.5, 0.6) is 5.75 Å². The normalized spacial score (nSPS) is 12.6. The quantitative estimate of drug-likeness (QED) is 0.234. The number of rotatable bonds is 9. The Kier molecular flexibility index (Phi) is 9.36. The third-order valence-electron chi connectivity index (χ3n) is 3.21. The van der Waals surface area contributed by atoms with Crippen molar-refractivity contribution in [3.63, 3.8) is 0 Å². The summed E-state index contributed by atoms with van der Waals surface area (Å²) in [5.74, 6) is -1.53. The zero-order chi connectivity index (χ0) is 19.7. The zero-order valence-electron chi connectivity index (χ0n) is 14.5. The van der Waals surface area contributed by atoms with E-state index in [2.05, 4.69) is 39.2 Å². The molecule has 0 aliphatic carbocycles. The van der Waals surface area contributed by atoms with E-state index < -0.39 is 23.2 Å². The number of hydrogen-bond acceptors (Lipinski definition) is 6. The van der Waals surface area contributed by atoms with E-state index in [9.17, 15) is 19.2 Å². The Morgan fingerprint density at radius 2 is 1.73 bits per heavy atom. The minimum absolute atomic E-state index is 0.216. The summed E-state index contributed by atoms with van der Waals surface area (Å²) >= 11 is 7.43. The van der Waals surface area contributed by atoms with Crippen molar-refractivity contribution in [3.8, 4) is 5.75 Å². The third-order valence-corrected chi connectivity index (χ3v) is 4.36. The van der Waals surface area contributed by atoms with Crippen LogP contribution in [0.3, 0.4) is 0 Å². The molecule has 26 heavy (non-hydrogen) atoms. The van der Waals surface area contributed by atoms with Crippen molar-refractivity contribution in [2.75, 3.05) is 10.6 Å². The molecule has 7 nitrogen and oxygen atoms in total. The molecule has 2 N–H and O–H groups in total. The summed E-state index contributed by atoms with van der Waals surface area (Å²) in [6.45, 7) is 2.62. The standard InChI is InChI=1S/C17H21BrN2O5S/c1-10(21)19-12-5-7-13(8-6-12)25-17(24)15(20-11(2)22)16(26)14(23)4-3-9-18/h5-8,15-16,26H,3-4,9H2,1-2H3,(H,19,21)(H,20,22). The largest absolute Gasteiger partial charge is 0.425 e. The lowest BCUT2D eigenvalue weighted by molar-refractivity contribution is -0.140. The second-order valence-electron chi connectivity index (χ2n) is 5.51. The molecule has 0 saturated carbocycles. The molecular formula is C17H21BrN2O5S.